The molecule has 1 aromatic carbocycles. The van der Waals surface area contributed by atoms with Crippen LogP contribution in [0.1, 0.15) is 18.1 Å². The number of hydrogen-bond donors (Lipinski definition) is 1. The monoisotopic (exact) mass is 301 g/mol. The SMILES string of the molecule is C=C(/C=C\C)CN1CCc2ccc(OCC(=O)O)cc2CC1. The quantitative estimate of drug-likeness (QED) is 0.821. The zero-order valence-electron chi connectivity index (χ0n) is 13.0. The molecule has 0 unspecified atom stereocenters. The van der Waals surface area contributed by atoms with Crippen molar-refractivity contribution in [3.05, 3.63) is 53.6 Å². The molecule has 1 heterocycles. The first-order chi connectivity index (χ1) is 10.6. The Morgan fingerprint density at radius 3 is 2.77 bits per heavy atom. The van der Waals surface area contributed by atoms with E-state index in [2.05, 4.69) is 23.6 Å². The summed E-state index contributed by atoms with van der Waals surface area (Å²) in [5, 5.41) is 8.68. The molecule has 0 radical (unpaired) electrons. The highest BCUT2D eigenvalue weighted by Crippen LogP contribution is 2.22. The number of rotatable bonds is 6. The van der Waals surface area contributed by atoms with E-state index < -0.39 is 5.97 Å². The standard InChI is InChI=1S/C18H23NO3/c1-3-4-14(2)12-19-9-7-15-5-6-17(22-13-18(20)21)11-16(15)8-10-19/h3-6,11H,2,7-10,12-13H2,1H3,(H,20,21)/b4-3-. The van der Waals surface area contributed by atoms with Gasteiger partial charge >= 0.3 is 5.97 Å². The molecule has 0 spiro atoms. The van der Waals surface area contributed by atoms with Gasteiger partial charge < -0.3 is 9.84 Å². The number of carboxylic acids is 1. The largest absolute Gasteiger partial charge is 0.482 e. The van der Waals surface area contributed by atoms with E-state index in [1.807, 2.05) is 25.1 Å². The van der Waals surface area contributed by atoms with E-state index in [0.717, 1.165) is 38.0 Å². The molecule has 1 aromatic rings. The van der Waals surface area contributed by atoms with Crippen LogP contribution in [0, 0.1) is 0 Å². The van der Waals surface area contributed by atoms with Gasteiger partial charge in [0.05, 0.1) is 0 Å². The smallest absolute Gasteiger partial charge is 0.341 e. The number of benzene rings is 1. The normalized spacial score (nSPS) is 15.3. The Morgan fingerprint density at radius 1 is 1.36 bits per heavy atom. The maximum atomic E-state index is 10.6. The van der Waals surface area contributed by atoms with Gasteiger partial charge in [-0.05, 0) is 48.6 Å². The second kappa shape index (κ2) is 7.80. The summed E-state index contributed by atoms with van der Waals surface area (Å²) in [7, 11) is 0. The Balaban J connectivity index is 1.99. The molecule has 0 bridgehead atoms. The maximum absolute atomic E-state index is 10.6. The lowest BCUT2D eigenvalue weighted by atomic mass is 10.0. The fourth-order valence-corrected chi connectivity index (χ4v) is 2.72. The lowest BCUT2D eigenvalue weighted by Gasteiger charge is -2.19. The van der Waals surface area contributed by atoms with Gasteiger partial charge in [-0.15, -0.1) is 0 Å². The Labute approximate surface area is 131 Å². The summed E-state index contributed by atoms with van der Waals surface area (Å²) >= 11 is 0. The Morgan fingerprint density at radius 2 is 2.09 bits per heavy atom. The summed E-state index contributed by atoms with van der Waals surface area (Å²) in [6.07, 6.45) is 6.01. The molecular weight excluding hydrogens is 278 g/mol. The fourth-order valence-electron chi connectivity index (χ4n) is 2.72. The first kappa shape index (κ1) is 16.3. The van der Waals surface area contributed by atoms with Crippen LogP contribution < -0.4 is 4.74 Å². The van der Waals surface area contributed by atoms with Crippen molar-refractivity contribution in [3.63, 3.8) is 0 Å². The van der Waals surface area contributed by atoms with Crippen molar-refractivity contribution in [1.82, 2.24) is 4.90 Å². The molecule has 0 aliphatic carbocycles. The Hall–Kier alpha value is -2.07. The first-order valence-electron chi connectivity index (χ1n) is 7.57. The van der Waals surface area contributed by atoms with Crippen LogP contribution in [0.25, 0.3) is 0 Å². The summed E-state index contributed by atoms with van der Waals surface area (Å²) in [6, 6.07) is 5.88. The third-order valence-corrected chi connectivity index (χ3v) is 3.76. The van der Waals surface area contributed by atoms with Crippen LogP contribution in [0.15, 0.2) is 42.5 Å². The summed E-state index contributed by atoms with van der Waals surface area (Å²) in [5.74, 6) is -0.323. The minimum atomic E-state index is -0.955. The third-order valence-electron chi connectivity index (χ3n) is 3.76. The molecule has 4 heteroatoms. The number of carboxylic acid groups (broad SMARTS) is 1. The Kier molecular flexibility index (Phi) is 5.78. The topological polar surface area (TPSA) is 49.8 Å². The van der Waals surface area contributed by atoms with Crippen molar-refractivity contribution in [2.75, 3.05) is 26.2 Å². The molecule has 22 heavy (non-hydrogen) atoms. The van der Waals surface area contributed by atoms with Crippen LogP contribution in [-0.2, 0) is 17.6 Å². The Bertz CT molecular complexity index is 578. The molecule has 0 amide bonds. The van der Waals surface area contributed by atoms with Gasteiger partial charge in [-0.2, -0.15) is 0 Å². The number of aliphatic carboxylic acids is 1. The predicted molar refractivity (Wildman–Crippen MR) is 87.4 cm³/mol. The first-order valence-corrected chi connectivity index (χ1v) is 7.57. The van der Waals surface area contributed by atoms with Crippen LogP contribution in [-0.4, -0.2) is 42.2 Å². The van der Waals surface area contributed by atoms with E-state index in [0.29, 0.717) is 5.75 Å². The molecule has 0 fully saturated rings. The summed E-state index contributed by atoms with van der Waals surface area (Å²) < 4.78 is 5.26. The van der Waals surface area contributed by atoms with E-state index in [-0.39, 0.29) is 6.61 Å². The summed E-state index contributed by atoms with van der Waals surface area (Å²) in [5.41, 5.74) is 3.70. The van der Waals surface area contributed by atoms with Crippen LogP contribution in [0.2, 0.25) is 0 Å². The lowest BCUT2D eigenvalue weighted by Crippen LogP contribution is -2.28. The average Bonchev–Trinajstić information content (AvgIpc) is 2.68. The molecule has 1 aliphatic rings. The average molecular weight is 301 g/mol. The van der Waals surface area contributed by atoms with Crippen molar-refractivity contribution < 1.29 is 14.6 Å². The lowest BCUT2D eigenvalue weighted by molar-refractivity contribution is -0.139. The van der Waals surface area contributed by atoms with Crippen molar-refractivity contribution in [2.45, 2.75) is 19.8 Å². The molecule has 2 rings (SSSR count). The van der Waals surface area contributed by atoms with E-state index in [4.69, 9.17) is 9.84 Å². The molecule has 0 aromatic heterocycles. The van der Waals surface area contributed by atoms with Crippen LogP contribution in [0.5, 0.6) is 5.75 Å². The minimum Gasteiger partial charge on any atom is -0.482 e. The van der Waals surface area contributed by atoms with E-state index in [1.165, 1.54) is 11.1 Å². The number of carbonyl (C=O) groups is 1. The third kappa shape index (κ3) is 4.74. The number of hydrogen-bond acceptors (Lipinski definition) is 3. The van der Waals surface area contributed by atoms with Crippen LogP contribution >= 0.6 is 0 Å². The highest BCUT2D eigenvalue weighted by molar-refractivity contribution is 5.68. The van der Waals surface area contributed by atoms with Gasteiger partial charge in [0.1, 0.15) is 5.75 Å². The van der Waals surface area contributed by atoms with Gasteiger partial charge in [0.2, 0.25) is 0 Å². The predicted octanol–water partition coefficient (Wildman–Crippen LogP) is 2.68. The number of fused-ring (bicyclic) bond motifs is 1. The number of allylic oxidation sites excluding steroid dienone is 1. The summed E-state index contributed by atoms with van der Waals surface area (Å²) in [6.45, 7) is 8.65. The molecular formula is C18H23NO3. The van der Waals surface area contributed by atoms with Gasteiger partial charge in [-0.25, -0.2) is 4.79 Å². The van der Waals surface area contributed by atoms with E-state index in [1.54, 1.807) is 0 Å². The highest BCUT2D eigenvalue weighted by atomic mass is 16.5. The van der Waals surface area contributed by atoms with Crippen molar-refractivity contribution in [2.24, 2.45) is 0 Å². The molecule has 0 atom stereocenters. The van der Waals surface area contributed by atoms with Crippen LogP contribution in [0.3, 0.4) is 0 Å². The van der Waals surface area contributed by atoms with Crippen molar-refractivity contribution >= 4 is 5.97 Å². The highest BCUT2D eigenvalue weighted by Gasteiger charge is 2.15. The second-order valence-corrected chi connectivity index (χ2v) is 5.55. The molecule has 1 aliphatic heterocycles. The van der Waals surface area contributed by atoms with Gasteiger partial charge in [0, 0.05) is 19.6 Å². The second-order valence-electron chi connectivity index (χ2n) is 5.55. The fraction of sp³-hybridized carbons (Fsp3) is 0.389. The zero-order chi connectivity index (χ0) is 15.9. The number of nitrogens with zero attached hydrogens (tertiary/aromatic N) is 1. The van der Waals surface area contributed by atoms with E-state index >= 15 is 0 Å². The van der Waals surface area contributed by atoms with E-state index in [9.17, 15) is 4.79 Å². The molecule has 118 valence electrons. The summed E-state index contributed by atoms with van der Waals surface area (Å²) in [4.78, 5) is 13.0. The van der Waals surface area contributed by atoms with Gasteiger partial charge in [0.15, 0.2) is 6.61 Å². The maximum Gasteiger partial charge on any atom is 0.341 e. The molecule has 0 saturated carbocycles. The van der Waals surface area contributed by atoms with Crippen LogP contribution in [0.4, 0.5) is 0 Å². The molecule has 1 N–H and O–H groups in total. The number of ether oxygens (including phenoxy) is 1. The van der Waals surface area contributed by atoms with Gasteiger partial charge in [0.25, 0.3) is 0 Å². The van der Waals surface area contributed by atoms with Gasteiger partial charge in [-0.3, -0.25) is 4.90 Å². The minimum absolute atomic E-state index is 0.298. The van der Waals surface area contributed by atoms with Gasteiger partial charge in [-0.1, -0.05) is 24.8 Å². The zero-order valence-corrected chi connectivity index (χ0v) is 13.0. The van der Waals surface area contributed by atoms with Crippen molar-refractivity contribution in [3.8, 4) is 5.75 Å². The van der Waals surface area contributed by atoms with Crippen molar-refractivity contribution in [1.29, 1.82) is 0 Å². The molecule has 0 saturated heterocycles. The molecule has 4 nitrogen and oxygen atoms in total.